The van der Waals surface area contributed by atoms with Crippen molar-refractivity contribution in [2.75, 3.05) is 34.4 Å². The van der Waals surface area contributed by atoms with Gasteiger partial charge in [0.1, 0.15) is 11.5 Å². The van der Waals surface area contributed by atoms with E-state index in [9.17, 15) is 9.59 Å². The van der Waals surface area contributed by atoms with Gasteiger partial charge in [-0.2, -0.15) is 0 Å². The molecule has 0 saturated carbocycles. The van der Waals surface area contributed by atoms with E-state index < -0.39 is 0 Å². The van der Waals surface area contributed by atoms with Crippen molar-refractivity contribution in [3.63, 3.8) is 0 Å². The molecule has 2 atom stereocenters. The molecule has 0 bridgehead atoms. The van der Waals surface area contributed by atoms with Crippen LogP contribution in [-0.4, -0.2) is 62.0 Å². The van der Waals surface area contributed by atoms with E-state index in [1.807, 2.05) is 51.2 Å². The highest BCUT2D eigenvalue weighted by Gasteiger charge is 2.42. The quantitative estimate of drug-likeness (QED) is 0.732. The summed E-state index contributed by atoms with van der Waals surface area (Å²) in [5, 5.41) is 0. The lowest BCUT2D eigenvalue weighted by atomic mass is 9.87. The summed E-state index contributed by atoms with van der Waals surface area (Å²) in [7, 11) is 5.03. The topological polar surface area (TPSA) is 59.1 Å². The van der Waals surface area contributed by atoms with Crippen molar-refractivity contribution in [1.82, 2.24) is 9.80 Å². The maximum Gasteiger partial charge on any atom is 0.254 e. The van der Waals surface area contributed by atoms with Gasteiger partial charge in [-0.15, -0.1) is 0 Å². The molecule has 30 heavy (non-hydrogen) atoms. The Labute approximate surface area is 178 Å². The molecule has 3 rings (SSSR count). The van der Waals surface area contributed by atoms with Gasteiger partial charge in [-0.1, -0.05) is 18.2 Å². The second-order valence-corrected chi connectivity index (χ2v) is 7.97. The van der Waals surface area contributed by atoms with Gasteiger partial charge >= 0.3 is 0 Å². The van der Waals surface area contributed by atoms with Gasteiger partial charge in [0.05, 0.1) is 20.1 Å². The Morgan fingerprint density at radius 3 is 2.27 bits per heavy atom. The molecule has 1 saturated heterocycles. The molecule has 2 aromatic rings. The van der Waals surface area contributed by atoms with Crippen molar-refractivity contribution in [3.05, 3.63) is 59.7 Å². The van der Waals surface area contributed by atoms with Gasteiger partial charge in [0.2, 0.25) is 5.91 Å². The Bertz CT molecular complexity index is 912. The average molecular weight is 411 g/mol. The number of hydrogen-bond donors (Lipinski definition) is 0. The third-order valence-corrected chi connectivity index (χ3v) is 5.89. The fraction of sp³-hybridized carbons (Fsp3) is 0.417. The van der Waals surface area contributed by atoms with Crippen LogP contribution < -0.4 is 9.47 Å². The van der Waals surface area contributed by atoms with Crippen LogP contribution in [0.1, 0.15) is 35.7 Å². The van der Waals surface area contributed by atoms with Gasteiger partial charge in [-0.3, -0.25) is 9.59 Å². The highest BCUT2D eigenvalue weighted by Crippen LogP contribution is 2.36. The lowest BCUT2D eigenvalue weighted by molar-refractivity contribution is -0.135. The number of nitrogens with zero attached hydrogens (tertiary/aromatic N) is 2. The number of methoxy groups -OCH3 is 2. The minimum Gasteiger partial charge on any atom is -0.497 e. The molecule has 2 unspecified atom stereocenters. The number of hydrogen-bond acceptors (Lipinski definition) is 4. The lowest BCUT2D eigenvalue weighted by Crippen LogP contribution is -2.40. The third kappa shape index (κ3) is 4.42. The molecular formula is C24H30N2O4. The Morgan fingerprint density at radius 1 is 1.00 bits per heavy atom. The molecule has 0 radical (unpaired) electrons. The monoisotopic (exact) mass is 410 g/mol. The molecule has 2 aromatic carbocycles. The predicted octanol–water partition coefficient (Wildman–Crippen LogP) is 3.43. The summed E-state index contributed by atoms with van der Waals surface area (Å²) in [6.07, 6.45) is 0. The Hall–Kier alpha value is -3.02. The molecular weight excluding hydrogens is 380 g/mol. The smallest absolute Gasteiger partial charge is 0.254 e. The van der Waals surface area contributed by atoms with Gasteiger partial charge in [-0.25, -0.2) is 0 Å². The molecule has 1 aliphatic rings. The first-order valence-electron chi connectivity index (χ1n) is 10.2. The summed E-state index contributed by atoms with van der Waals surface area (Å²) in [6.45, 7) is 4.85. The van der Waals surface area contributed by atoms with Crippen molar-refractivity contribution in [1.29, 1.82) is 0 Å². The molecule has 1 heterocycles. The van der Waals surface area contributed by atoms with E-state index >= 15 is 0 Å². The summed E-state index contributed by atoms with van der Waals surface area (Å²) in [6, 6.07) is 15.0. The fourth-order valence-electron chi connectivity index (χ4n) is 3.88. The maximum absolute atomic E-state index is 13.3. The minimum atomic E-state index is -0.306. The van der Waals surface area contributed by atoms with E-state index in [1.54, 1.807) is 42.2 Å². The van der Waals surface area contributed by atoms with Crippen molar-refractivity contribution in [3.8, 4) is 11.5 Å². The largest absolute Gasteiger partial charge is 0.497 e. The van der Waals surface area contributed by atoms with E-state index in [1.165, 1.54) is 0 Å². The predicted molar refractivity (Wildman–Crippen MR) is 116 cm³/mol. The molecule has 1 fully saturated rings. The molecule has 1 aliphatic heterocycles. The minimum absolute atomic E-state index is 0.0544. The Morgan fingerprint density at radius 2 is 1.63 bits per heavy atom. The Kier molecular flexibility index (Phi) is 6.65. The maximum atomic E-state index is 13.3. The number of likely N-dealkylation sites (tertiary alicyclic amines) is 1. The molecule has 0 spiro atoms. The van der Waals surface area contributed by atoms with E-state index in [4.69, 9.17) is 9.47 Å². The molecule has 6 nitrogen and oxygen atoms in total. The normalized spacial score (nSPS) is 18.4. The summed E-state index contributed by atoms with van der Waals surface area (Å²) in [5.41, 5.74) is 1.56. The third-order valence-electron chi connectivity index (χ3n) is 5.89. The average Bonchev–Trinajstić information content (AvgIpc) is 3.23. The van der Waals surface area contributed by atoms with Crippen LogP contribution >= 0.6 is 0 Å². The van der Waals surface area contributed by atoms with Crippen LogP contribution in [0.4, 0.5) is 0 Å². The van der Waals surface area contributed by atoms with Crippen molar-refractivity contribution < 1.29 is 19.1 Å². The summed E-state index contributed by atoms with van der Waals surface area (Å²) < 4.78 is 10.6. The number of benzene rings is 2. The van der Waals surface area contributed by atoms with Crippen LogP contribution in [0.3, 0.4) is 0 Å². The van der Waals surface area contributed by atoms with Crippen LogP contribution in [-0.2, 0) is 4.79 Å². The highest BCUT2D eigenvalue weighted by molar-refractivity contribution is 5.95. The van der Waals surface area contributed by atoms with Crippen molar-refractivity contribution in [2.45, 2.75) is 25.8 Å². The molecule has 6 heteroatoms. The molecule has 160 valence electrons. The zero-order valence-corrected chi connectivity index (χ0v) is 18.3. The molecule has 2 amide bonds. The number of ether oxygens (including phenoxy) is 2. The van der Waals surface area contributed by atoms with E-state index in [0.29, 0.717) is 24.4 Å². The van der Waals surface area contributed by atoms with Crippen LogP contribution in [0.15, 0.2) is 48.5 Å². The Balaban J connectivity index is 1.92. The van der Waals surface area contributed by atoms with Crippen LogP contribution in [0.5, 0.6) is 11.5 Å². The number of rotatable bonds is 6. The number of amides is 2. The molecule has 0 aromatic heterocycles. The van der Waals surface area contributed by atoms with Crippen molar-refractivity contribution in [2.24, 2.45) is 5.92 Å². The first-order valence-corrected chi connectivity index (χ1v) is 10.2. The first-order chi connectivity index (χ1) is 14.3. The summed E-state index contributed by atoms with van der Waals surface area (Å²) in [5.74, 6) is 0.940. The van der Waals surface area contributed by atoms with Crippen molar-refractivity contribution >= 4 is 11.8 Å². The van der Waals surface area contributed by atoms with Crippen LogP contribution in [0.2, 0.25) is 0 Å². The highest BCUT2D eigenvalue weighted by atomic mass is 16.5. The fourth-order valence-corrected chi connectivity index (χ4v) is 3.88. The zero-order valence-electron chi connectivity index (χ0n) is 18.3. The SMILES string of the molecule is COc1cccc(C(=O)N2CC(C(=O)N(C)C(C)C)C(c3cccc(OC)c3)C2)c1. The summed E-state index contributed by atoms with van der Waals surface area (Å²) in [4.78, 5) is 30.0. The number of carbonyl (C=O) groups excluding carboxylic acids is 2. The molecule has 0 N–H and O–H groups in total. The second kappa shape index (κ2) is 9.20. The standard InChI is InChI=1S/C24H30N2O4/c1-16(2)25(3)24(28)22-15-26(23(27)18-9-7-11-20(13-18)30-5)14-21(22)17-8-6-10-19(12-17)29-4/h6-13,16,21-22H,14-15H2,1-5H3. The van der Waals surface area contributed by atoms with E-state index in [-0.39, 0.29) is 29.7 Å². The van der Waals surface area contributed by atoms with Gasteiger partial charge in [0.15, 0.2) is 0 Å². The zero-order chi connectivity index (χ0) is 21.8. The van der Waals surface area contributed by atoms with Gasteiger partial charge < -0.3 is 19.3 Å². The first kappa shape index (κ1) is 21.7. The van der Waals surface area contributed by atoms with E-state index in [0.717, 1.165) is 11.3 Å². The second-order valence-electron chi connectivity index (χ2n) is 7.97. The van der Waals surface area contributed by atoms with Crippen LogP contribution in [0.25, 0.3) is 0 Å². The molecule has 0 aliphatic carbocycles. The van der Waals surface area contributed by atoms with Gasteiger partial charge in [0.25, 0.3) is 5.91 Å². The van der Waals surface area contributed by atoms with Gasteiger partial charge in [0, 0.05) is 37.7 Å². The van der Waals surface area contributed by atoms with Gasteiger partial charge in [-0.05, 0) is 49.7 Å². The van der Waals surface area contributed by atoms with E-state index in [2.05, 4.69) is 0 Å². The van der Waals surface area contributed by atoms with Crippen LogP contribution in [0, 0.1) is 5.92 Å². The number of carbonyl (C=O) groups is 2. The lowest BCUT2D eigenvalue weighted by Gasteiger charge is -2.27. The summed E-state index contributed by atoms with van der Waals surface area (Å²) >= 11 is 0.